The molecule has 9 aromatic rings. The van der Waals surface area contributed by atoms with Crippen LogP contribution >= 0.6 is 0 Å². The van der Waals surface area contributed by atoms with E-state index in [1.807, 2.05) is 18.3 Å². The Hall–Kier alpha value is -6.00. The van der Waals surface area contributed by atoms with Gasteiger partial charge in [0.05, 0.1) is 22.2 Å². The van der Waals surface area contributed by atoms with Crippen LogP contribution in [0.2, 0.25) is 0 Å². The second kappa shape index (κ2) is 11.8. The minimum Gasteiger partial charge on any atom is -0.354 e. The summed E-state index contributed by atoms with van der Waals surface area (Å²) in [7, 11) is 0. The first-order valence-electron chi connectivity index (χ1n) is 18.2. The van der Waals surface area contributed by atoms with Crippen LogP contribution in [0.25, 0.3) is 83.1 Å². The van der Waals surface area contributed by atoms with Gasteiger partial charge >= 0.3 is 0 Å². The fourth-order valence-electron chi connectivity index (χ4n) is 7.63. The van der Waals surface area contributed by atoms with Gasteiger partial charge in [0.1, 0.15) is 5.82 Å². The van der Waals surface area contributed by atoms with Gasteiger partial charge in [-0.25, -0.2) is 4.98 Å². The Morgan fingerprint density at radius 3 is 2.08 bits per heavy atom. The lowest BCUT2D eigenvalue weighted by Gasteiger charge is -2.21. The van der Waals surface area contributed by atoms with Crippen LogP contribution in [0.1, 0.15) is 52.7 Å². The maximum absolute atomic E-state index is 5.67. The van der Waals surface area contributed by atoms with Crippen molar-refractivity contribution in [1.29, 1.82) is 0 Å². The van der Waals surface area contributed by atoms with Crippen molar-refractivity contribution in [2.24, 2.45) is 0 Å². The van der Waals surface area contributed by atoms with Crippen LogP contribution in [0.3, 0.4) is 0 Å². The number of fused-ring (bicyclic) bond motifs is 5. The Kier molecular flexibility index (Phi) is 7.24. The molecule has 4 nitrogen and oxygen atoms in total. The predicted molar refractivity (Wildman–Crippen MR) is 219 cm³/mol. The number of H-pyrrole nitrogens is 1. The highest BCUT2D eigenvalue weighted by Crippen LogP contribution is 2.43. The molecule has 4 heteroatoms. The normalized spacial score (nSPS) is 12.4. The summed E-state index contributed by atoms with van der Waals surface area (Å²) in [6, 6.07) is 48.1. The number of para-hydroxylation sites is 2. The summed E-state index contributed by atoms with van der Waals surface area (Å²) in [5.74, 6) is 0.914. The summed E-state index contributed by atoms with van der Waals surface area (Å²) < 4.78 is 2.34. The molecule has 3 aromatic heterocycles. The van der Waals surface area contributed by atoms with E-state index in [9.17, 15) is 0 Å². The summed E-state index contributed by atoms with van der Waals surface area (Å²) >= 11 is 0. The van der Waals surface area contributed by atoms with E-state index in [2.05, 4.69) is 172 Å². The molecule has 52 heavy (non-hydrogen) atoms. The van der Waals surface area contributed by atoms with Crippen molar-refractivity contribution in [3.63, 3.8) is 0 Å². The predicted octanol–water partition coefficient (Wildman–Crippen LogP) is 12.8. The summed E-state index contributed by atoms with van der Waals surface area (Å²) in [5.41, 5.74) is 13.3. The molecule has 0 aliphatic carbocycles. The Morgan fingerprint density at radius 1 is 0.558 bits per heavy atom. The fourth-order valence-corrected chi connectivity index (χ4v) is 7.63. The van der Waals surface area contributed by atoms with Crippen molar-refractivity contribution in [3.8, 4) is 39.5 Å². The molecule has 0 bridgehead atoms. The third kappa shape index (κ3) is 5.29. The first kappa shape index (κ1) is 31.9. The maximum Gasteiger partial charge on any atom is 0.147 e. The number of benzene rings is 6. The number of aromatic amines is 1. The summed E-state index contributed by atoms with van der Waals surface area (Å²) in [6.45, 7) is 13.7. The van der Waals surface area contributed by atoms with Gasteiger partial charge in [-0.05, 0) is 105 Å². The van der Waals surface area contributed by atoms with E-state index in [1.54, 1.807) is 0 Å². The van der Waals surface area contributed by atoms with Crippen LogP contribution in [-0.4, -0.2) is 19.5 Å². The Balaban J connectivity index is 1.39. The molecule has 1 N–H and O–H groups in total. The SMILES string of the molecule is CC(C)(C)c1ccc2[nH]c3c(-c4nc5c(-c6cc(-c7ccccn7)cc7ccccc67)cccc5n4-c4ccccc4)cc(C(C)(C)C)cc3c2c1. The number of nitrogens with zero attached hydrogens (tertiary/aromatic N) is 3. The highest BCUT2D eigenvalue weighted by molar-refractivity contribution is 6.13. The quantitative estimate of drug-likeness (QED) is 0.202. The van der Waals surface area contributed by atoms with Crippen molar-refractivity contribution in [1.82, 2.24) is 19.5 Å². The standard InChI is InChI=1S/C48H42N4/c1-47(2,3)32-22-23-42-38(27-32)39-28-33(48(4,5)6)29-40(44(39)50-42)46-51-45-36(19-14-21-43(45)52(46)34-16-8-7-9-17-34)37-26-31(41-20-12-13-24-49-41)25-30-15-10-11-18-35(30)37/h7-29,50H,1-6H3. The number of imidazole rings is 1. The number of hydrogen-bond acceptors (Lipinski definition) is 2. The van der Waals surface area contributed by atoms with Crippen LogP contribution in [0.5, 0.6) is 0 Å². The largest absolute Gasteiger partial charge is 0.354 e. The zero-order valence-electron chi connectivity index (χ0n) is 30.6. The molecule has 0 amide bonds. The highest BCUT2D eigenvalue weighted by atomic mass is 15.1. The van der Waals surface area contributed by atoms with Crippen molar-refractivity contribution in [2.75, 3.05) is 0 Å². The molecule has 0 unspecified atom stereocenters. The Morgan fingerprint density at radius 2 is 1.31 bits per heavy atom. The first-order chi connectivity index (χ1) is 25.0. The zero-order chi connectivity index (χ0) is 35.8. The second-order valence-corrected chi connectivity index (χ2v) is 16.1. The van der Waals surface area contributed by atoms with Gasteiger partial charge in [-0.2, -0.15) is 0 Å². The summed E-state index contributed by atoms with van der Waals surface area (Å²) in [6.07, 6.45) is 1.86. The summed E-state index contributed by atoms with van der Waals surface area (Å²) in [4.78, 5) is 14.3. The molecule has 0 saturated carbocycles. The number of rotatable bonds is 4. The van der Waals surface area contributed by atoms with Gasteiger partial charge in [-0.15, -0.1) is 0 Å². The molecule has 6 aromatic carbocycles. The lowest BCUT2D eigenvalue weighted by molar-refractivity contribution is 0.590. The molecule has 0 radical (unpaired) electrons. The van der Waals surface area contributed by atoms with Crippen LogP contribution in [-0.2, 0) is 10.8 Å². The zero-order valence-corrected chi connectivity index (χ0v) is 30.6. The fraction of sp³-hybridized carbons (Fsp3) is 0.167. The van der Waals surface area contributed by atoms with Gasteiger partial charge in [0.15, 0.2) is 0 Å². The number of pyridine rings is 1. The molecule has 0 aliphatic rings. The van der Waals surface area contributed by atoms with E-state index in [1.165, 1.54) is 32.7 Å². The minimum absolute atomic E-state index is 0.0397. The number of hydrogen-bond donors (Lipinski definition) is 1. The average molecular weight is 675 g/mol. The third-order valence-corrected chi connectivity index (χ3v) is 10.5. The minimum atomic E-state index is -0.0756. The molecule has 0 atom stereocenters. The van der Waals surface area contributed by atoms with Crippen LogP contribution < -0.4 is 0 Å². The van der Waals surface area contributed by atoms with E-state index in [0.717, 1.165) is 61.5 Å². The summed E-state index contributed by atoms with van der Waals surface area (Å²) in [5, 5.41) is 4.83. The molecular weight excluding hydrogens is 633 g/mol. The molecule has 0 fully saturated rings. The first-order valence-corrected chi connectivity index (χ1v) is 18.2. The van der Waals surface area contributed by atoms with Crippen molar-refractivity contribution in [3.05, 3.63) is 151 Å². The van der Waals surface area contributed by atoms with Gasteiger partial charge in [-0.3, -0.25) is 9.55 Å². The second-order valence-electron chi connectivity index (χ2n) is 16.1. The molecule has 9 rings (SSSR count). The lowest BCUT2D eigenvalue weighted by Crippen LogP contribution is -2.11. The number of aromatic nitrogens is 4. The van der Waals surface area contributed by atoms with Gasteiger partial charge in [0.25, 0.3) is 0 Å². The van der Waals surface area contributed by atoms with Gasteiger partial charge < -0.3 is 4.98 Å². The van der Waals surface area contributed by atoms with Gasteiger partial charge in [-0.1, -0.05) is 108 Å². The van der Waals surface area contributed by atoms with Crippen LogP contribution in [0.4, 0.5) is 0 Å². The Labute approximate surface area is 304 Å². The van der Waals surface area contributed by atoms with Crippen molar-refractivity contribution >= 4 is 43.6 Å². The van der Waals surface area contributed by atoms with E-state index in [0.29, 0.717) is 0 Å². The average Bonchev–Trinajstić information content (AvgIpc) is 3.73. The highest BCUT2D eigenvalue weighted by Gasteiger charge is 2.25. The molecule has 0 spiro atoms. The van der Waals surface area contributed by atoms with E-state index in [4.69, 9.17) is 9.97 Å². The third-order valence-electron chi connectivity index (χ3n) is 10.5. The van der Waals surface area contributed by atoms with Gasteiger partial charge in [0.2, 0.25) is 0 Å². The lowest BCUT2D eigenvalue weighted by atomic mass is 9.84. The maximum atomic E-state index is 5.67. The van der Waals surface area contributed by atoms with Crippen molar-refractivity contribution < 1.29 is 0 Å². The molecule has 0 saturated heterocycles. The monoisotopic (exact) mass is 674 g/mol. The van der Waals surface area contributed by atoms with E-state index >= 15 is 0 Å². The molecular formula is C48H42N4. The number of nitrogens with one attached hydrogen (secondary N) is 1. The smallest absolute Gasteiger partial charge is 0.147 e. The topological polar surface area (TPSA) is 46.5 Å². The Bertz CT molecular complexity index is 2790. The van der Waals surface area contributed by atoms with Crippen LogP contribution in [0, 0.1) is 0 Å². The molecule has 254 valence electrons. The van der Waals surface area contributed by atoms with Crippen molar-refractivity contribution in [2.45, 2.75) is 52.4 Å². The van der Waals surface area contributed by atoms with Gasteiger partial charge in [0, 0.05) is 44.9 Å². The van der Waals surface area contributed by atoms with E-state index in [-0.39, 0.29) is 10.8 Å². The van der Waals surface area contributed by atoms with Crippen LogP contribution in [0.15, 0.2) is 140 Å². The molecule has 3 heterocycles. The van der Waals surface area contributed by atoms with E-state index < -0.39 is 0 Å². The molecule has 0 aliphatic heterocycles.